The molecule has 0 saturated carbocycles. The van der Waals surface area contributed by atoms with Gasteiger partial charge in [0.25, 0.3) is 5.91 Å². The summed E-state index contributed by atoms with van der Waals surface area (Å²) in [6, 6.07) is 8.72. The van der Waals surface area contributed by atoms with Gasteiger partial charge in [0.2, 0.25) is 0 Å². The number of nitrogens with zero attached hydrogens (tertiary/aromatic N) is 5. The van der Waals surface area contributed by atoms with Gasteiger partial charge < -0.3 is 10.1 Å². The lowest BCUT2D eigenvalue weighted by molar-refractivity contribution is -0.142. The van der Waals surface area contributed by atoms with Crippen molar-refractivity contribution in [2.75, 3.05) is 12.4 Å². The van der Waals surface area contributed by atoms with E-state index < -0.39 is 17.8 Å². The normalized spacial score (nSPS) is 11.8. The van der Waals surface area contributed by atoms with E-state index in [4.69, 9.17) is 4.74 Å². The highest BCUT2D eigenvalue weighted by atomic mass is 19.4. The fourth-order valence-electron chi connectivity index (χ4n) is 3.10. The SMILES string of the molecule is COc1cccc(-c2cc(C(F)(F)F)n3nc(C(=O)Nc4cnn(C(C)C)c4)cc3n2)c1. The van der Waals surface area contributed by atoms with Gasteiger partial charge in [0.15, 0.2) is 17.0 Å². The highest BCUT2D eigenvalue weighted by Crippen LogP contribution is 2.33. The quantitative estimate of drug-likeness (QED) is 0.491. The van der Waals surface area contributed by atoms with Gasteiger partial charge in [-0.25, -0.2) is 9.50 Å². The average molecular weight is 444 g/mol. The summed E-state index contributed by atoms with van der Waals surface area (Å²) in [7, 11) is 1.46. The first-order valence-corrected chi connectivity index (χ1v) is 9.63. The van der Waals surface area contributed by atoms with Crippen molar-refractivity contribution in [1.82, 2.24) is 24.4 Å². The van der Waals surface area contributed by atoms with Gasteiger partial charge in [0, 0.05) is 23.9 Å². The van der Waals surface area contributed by atoms with Crippen LogP contribution in [-0.4, -0.2) is 37.4 Å². The lowest BCUT2D eigenvalue weighted by Crippen LogP contribution is -2.15. The molecule has 1 amide bonds. The minimum absolute atomic E-state index is 0.0776. The van der Waals surface area contributed by atoms with Crippen LogP contribution in [0.4, 0.5) is 18.9 Å². The van der Waals surface area contributed by atoms with Crippen molar-refractivity contribution in [1.29, 1.82) is 0 Å². The van der Waals surface area contributed by atoms with E-state index in [1.54, 1.807) is 35.1 Å². The van der Waals surface area contributed by atoms with Gasteiger partial charge in [-0.1, -0.05) is 12.1 Å². The van der Waals surface area contributed by atoms with Crippen molar-refractivity contribution in [2.24, 2.45) is 0 Å². The number of amides is 1. The van der Waals surface area contributed by atoms with Crippen molar-refractivity contribution >= 4 is 17.2 Å². The van der Waals surface area contributed by atoms with Gasteiger partial charge in [-0.05, 0) is 32.0 Å². The number of hydrogen-bond donors (Lipinski definition) is 1. The molecule has 166 valence electrons. The summed E-state index contributed by atoms with van der Waals surface area (Å²) in [5.74, 6) is -0.192. The van der Waals surface area contributed by atoms with Gasteiger partial charge in [-0.3, -0.25) is 9.48 Å². The number of carbonyl (C=O) groups is 1. The number of aromatic nitrogens is 5. The molecule has 32 heavy (non-hydrogen) atoms. The first kappa shape index (κ1) is 21.3. The average Bonchev–Trinajstić information content (AvgIpc) is 3.39. The Bertz CT molecular complexity index is 1290. The third-order valence-corrected chi connectivity index (χ3v) is 4.70. The maximum Gasteiger partial charge on any atom is 0.433 e. The fourth-order valence-corrected chi connectivity index (χ4v) is 3.10. The van der Waals surface area contributed by atoms with Crippen LogP contribution in [0.25, 0.3) is 16.9 Å². The van der Waals surface area contributed by atoms with Crippen molar-refractivity contribution in [3.05, 3.63) is 60.2 Å². The molecule has 0 fully saturated rings. The van der Waals surface area contributed by atoms with E-state index in [0.29, 0.717) is 21.5 Å². The number of hydrogen-bond acceptors (Lipinski definition) is 5. The molecule has 0 spiro atoms. The molecule has 0 aliphatic carbocycles. The number of ether oxygens (including phenoxy) is 1. The van der Waals surface area contributed by atoms with E-state index in [1.807, 2.05) is 13.8 Å². The number of nitrogens with one attached hydrogen (secondary N) is 1. The van der Waals surface area contributed by atoms with Crippen LogP contribution in [0.1, 0.15) is 36.1 Å². The Morgan fingerprint density at radius 2 is 1.97 bits per heavy atom. The second-order valence-corrected chi connectivity index (χ2v) is 7.31. The van der Waals surface area contributed by atoms with Crippen LogP contribution >= 0.6 is 0 Å². The van der Waals surface area contributed by atoms with Gasteiger partial charge in [-0.15, -0.1) is 0 Å². The molecule has 0 saturated heterocycles. The van der Waals surface area contributed by atoms with Crippen LogP contribution in [0.15, 0.2) is 48.8 Å². The van der Waals surface area contributed by atoms with Gasteiger partial charge >= 0.3 is 6.18 Å². The third-order valence-electron chi connectivity index (χ3n) is 4.70. The molecule has 1 N–H and O–H groups in total. The van der Waals surface area contributed by atoms with Crippen molar-refractivity contribution < 1.29 is 22.7 Å². The van der Waals surface area contributed by atoms with E-state index in [1.165, 1.54) is 19.4 Å². The maximum absolute atomic E-state index is 13.8. The second-order valence-electron chi connectivity index (χ2n) is 7.31. The molecule has 0 bridgehead atoms. The van der Waals surface area contributed by atoms with Crippen LogP contribution in [-0.2, 0) is 6.18 Å². The van der Waals surface area contributed by atoms with Crippen LogP contribution in [0, 0.1) is 0 Å². The zero-order valence-electron chi connectivity index (χ0n) is 17.4. The molecule has 0 atom stereocenters. The molecule has 3 aromatic heterocycles. The number of alkyl halides is 3. The Balaban J connectivity index is 1.75. The summed E-state index contributed by atoms with van der Waals surface area (Å²) in [4.78, 5) is 16.9. The molecule has 0 radical (unpaired) electrons. The molecule has 4 aromatic rings. The van der Waals surface area contributed by atoms with Crippen LogP contribution < -0.4 is 10.1 Å². The molecule has 1 aromatic carbocycles. The van der Waals surface area contributed by atoms with Crippen molar-refractivity contribution in [2.45, 2.75) is 26.1 Å². The third kappa shape index (κ3) is 4.13. The number of rotatable bonds is 5. The van der Waals surface area contributed by atoms with E-state index >= 15 is 0 Å². The molecule has 8 nitrogen and oxygen atoms in total. The maximum atomic E-state index is 13.8. The number of anilines is 1. The molecule has 0 aliphatic heterocycles. The Morgan fingerprint density at radius 1 is 1.19 bits per heavy atom. The first-order chi connectivity index (χ1) is 15.2. The Hall–Kier alpha value is -3.89. The van der Waals surface area contributed by atoms with Crippen molar-refractivity contribution in [3.8, 4) is 17.0 Å². The summed E-state index contributed by atoms with van der Waals surface area (Å²) in [6.45, 7) is 3.84. The molecule has 0 unspecified atom stereocenters. The van der Waals surface area contributed by atoms with Crippen LogP contribution in [0.3, 0.4) is 0 Å². The molecule has 3 heterocycles. The number of fused-ring (bicyclic) bond motifs is 1. The number of halogens is 3. The van der Waals surface area contributed by atoms with Gasteiger partial charge in [-0.2, -0.15) is 23.4 Å². The Morgan fingerprint density at radius 3 is 2.62 bits per heavy atom. The second kappa shape index (κ2) is 7.98. The minimum atomic E-state index is -4.72. The monoisotopic (exact) mass is 444 g/mol. The Kier molecular flexibility index (Phi) is 5.33. The predicted molar refractivity (Wildman–Crippen MR) is 111 cm³/mol. The van der Waals surface area contributed by atoms with Gasteiger partial charge in [0.1, 0.15) is 5.75 Å². The Labute approximate surface area is 180 Å². The van der Waals surface area contributed by atoms with E-state index in [2.05, 4.69) is 20.5 Å². The topological polar surface area (TPSA) is 86.3 Å². The van der Waals surface area contributed by atoms with Crippen LogP contribution in [0.2, 0.25) is 0 Å². The number of methoxy groups -OCH3 is 1. The number of carbonyl (C=O) groups excluding carboxylic acids is 1. The van der Waals surface area contributed by atoms with E-state index in [-0.39, 0.29) is 23.1 Å². The van der Waals surface area contributed by atoms with E-state index in [0.717, 1.165) is 6.07 Å². The lowest BCUT2D eigenvalue weighted by atomic mass is 10.1. The summed E-state index contributed by atoms with van der Waals surface area (Å²) < 4.78 is 48.7. The van der Waals surface area contributed by atoms with Crippen molar-refractivity contribution in [3.63, 3.8) is 0 Å². The molecular formula is C21H19F3N6O2. The molecule has 11 heteroatoms. The largest absolute Gasteiger partial charge is 0.497 e. The smallest absolute Gasteiger partial charge is 0.433 e. The lowest BCUT2D eigenvalue weighted by Gasteiger charge is -2.11. The van der Waals surface area contributed by atoms with Gasteiger partial charge in [0.05, 0.1) is 24.7 Å². The standard InChI is InChI=1S/C21H19F3N6O2/c1-12(2)29-11-14(10-25-29)26-20(31)17-9-19-27-16(13-5-4-6-15(7-13)32-3)8-18(21(22,23)24)30(19)28-17/h4-12H,1-3H3,(H,26,31). The molecule has 0 aliphatic rings. The molecular weight excluding hydrogens is 425 g/mol. The highest BCUT2D eigenvalue weighted by Gasteiger charge is 2.35. The van der Waals surface area contributed by atoms with Crippen LogP contribution in [0.5, 0.6) is 5.75 Å². The predicted octanol–water partition coefficient (Wildman–Crippen LogP) is 4.45. The summed E-state index contributed by atoms with van der Waals surface area (Å²) in [5, 5.41) is 10.6. The zero-order chi connectivity index (χ0) is 23.0. The minimum Gasteiger partial charge on any atom is -0.497 e. The fraction of sp³-hybridized carbons (Fsp3) is 0.238. The zero-order valence-corrected chi connectivity index (χ0v) is 17.4. The summed E-state index contributed by atoms with van der Waals surface area (Å²) >= 11 is 0. The number of benzene rings is 1. The highest BCUT2D eigenvalue weighted by molar-refractivity contribution is 6.03. The molecule has 4 rings (SSSR count). The summed E-state index contributed by atoms with van der Waals surface area (Å²) in [5.41, 5.74) is -0.447. The first-order valence-electron chi connectivity index (χ1n) is 9.63. The van der Waals surface area contributed by atoms with E-state index in [9.17, 15) is 18.0 Å². The summed E-state index contributed by atoms with van der Waals surface area (Å²) in [6.07, 6.45) is -1.64.